The molecule has 0 fully saturated rings. The minimum atomic E-state index is -4.56. The molecule has 2 aromatic heterocycles. The van der Waals surface area contributed by atoms with Gasteiger partial charge in [0.1, 0.15) is 5.69 Å². The van der Waals surface area contributed by atoms with Crippen molar-refractivity contribution >= 4 is 28.6 Å². The Bertz CT molecular complexity index is 544. The highest BCUT2D eigenvalue weighted by Crippen LogP contribution is 2.32. The van der Waals surface area contributed by atoms with Crippen LogP contribution in [0.3, 0.4) is 0 Å². The van der Waals surface area contributed by atoms with Gasteiger partial charge < -0.3 is 10.2 Å². The lowest BCUT2D eigenvalue weighted by Gasteiger charge is -2.01. The fourth-order valence-corrected chi connectivity index (χ4v) is 1.66. The first-order chi connectivity index (χ1) is 7.97. The number of oxazole rings is 1. The number of hydrogen-bond donors (Lipinski definition) is 1. The normalized spacial score (nSPS) is 12.4. The minimum absolute atomic E-state index is 0.288. The van der Waals surface area contributed by atoms with E-state index in [9.17, 15) is 13.2 Å². The molecule has 2 heterocycles. The molecule has 0 atom stereocenters. The standard InChI is InChI=1S/C9H6F3N3OS/c10-9(11,12)7-6(14-4-16-7)2-1-5-3-17-8(13)15-5/h1-4H,(H2,13,15)/b2-1+. The van der Waals surface area contributed by atoms with Gasteiger partial charge in [0, 0.05) is 5.38 Å². The summed E-state index contributed by atoms with van der Waals surface area (Å²) in [6.07, 6.45) is -1.24. The lowest BCUT2D eigenvalue weighted by molar-refractivity contribution is -0.153. The van der Waals surface area contributed by atoms with Crippen LogP contribution in [0.5, 0.6) is 0 Å². The second-order valence-corrected chi connectivity index (χ2v) is 3.90. The molecule has 2 rings (SSSR count). The quantitative estimate of drug-likeness (QED) is 0.902. The van der Waals surface area contributed by atoms with E-state index in [-0.39, 0.29) is 5.69 Å². The second kappa shape index (κ2) is 4.21. The molecule has 0 radical (unpaired) electrons. The monoisotopic (exact) mass is 261 g/mol. The van der Waals surface area contributed by atoms with Crippen molar-refractivity contribution in [3.05, 3.63) is 28.9 Å². The summed E-state index contributed by atoms with van der Waals surface area (Å²) < 4.78 is 41.5. The van der Waals surface area contributed by atoms with Gasteiger partial charge in [-0.1, -0.05) is 0 Å². The maximum Gasteiger partial charge on any atom is 0.451 e. The van der Waals surface area contributed by atoms with Gasteiger partial charge in [-0.3, -0.25) is 0 Å². The molecule has 0 aromatic carbocycles. The Hall–Kier alpha value is -1.83. The number of anilines is 1. The van der Waals surface area contributed by atoms with Crippen molar-refractivity contribution in [1.29, 1.82) is 0 Å². The van der Waals surface area contributed by atoms with Crippen LogP contribution < -0.4 is 5.73 Å². The average molecular weight is 261 g/mol. The highest BCUT2D eigenvalue weighted by Gasteiger charge is 2.37. The Morgan fingerprint density at radius 2 is 2.12 bits per heavy atom. The van der Waals surface area contributed by atoms with Gasteiger partial charge in [0.2, 0.25) is 5.76 Å². The van der Waals surface area contributed by atoms with E-state index in [0.29, 0.717) is 10.8 Å². The Balaban J connectivity index is 2.25. The zero-order valence-electron chi connectivity index (χ0n) is 8.23. The van der Waals surface area contributed by atoms with Crippen molar-refractivity contribution in [2.75, 3.05) is 5.73 Å². The Morgan fingerprint density at radius 3 is 2.71 bits per heavy atom. The minimum Gasteiger partial charge on any atom is -0.438 e. The lowest BCUT2D eigenvalue weighted by Crippen LogP contribution is -2.05. The summed E-state index contributed by atoms with van der Waals surface area (Å²) in [5.74, 6) is -1.13. The zero-order chi connectivity index (χ0) is 12.5. The van der Waals surface area contributed by atoms with Gasteiger partial charge in [-0.15, -0.1) is 11.3 Å². The Kier molecular flexibility index (Phi) is 2.88. The number of rotatable bonds is 2. The molecular weight excluding hydrogens is 255 g/mol. The topological polar surface area (TPSA) is 64.9 Å². The Labute approximate surface area is 97.6 Å². The molecule has 17 heavy (non-hydrogen) atoms. The molecule has 8 heteroatoms. The molecule has 0 spiro atoms. The van der Waals surface area contributed by atoms with Crippen LogP contribution in [0, 0.1) is 0 Å². The van der Waals surface area contributed by atoms with Gasteiger partial charge in [0.15, 0.2) is 11.5 Å². The van der Waals surface area contributed by atoms with E-state index in [0.717, 1.165) is 6.39 Å². The van der Waals surface area contributed by atoms with Crippen LogP contribution in [0.4, 0.5) is 18.3 Å². The largest absolute Gasteiger partial charge is 0.451 e. The third kappa shape index (κ3) is 2.64. The number of aromatic nitrogens is 2. The molecular formula is C9H6F3N3OS. The number of hydrogen-bond acceptors (Lipinski definition) is 5. The van der Waals surface area contributed by atoms with Crippen molar-refractivity contribution < 1.29 is 17.6 Å². The van der Waals surface area contributed by atoms with E-state index < -0.39 is 11.9 Å². The van der Waals surface area contributed by atoms with Crippen LogP contribution in [-0.2, 0) is 6.18 Å². The predicted molar refractivity (Wildman–Crippen MR) is 57.0 cm³/mol. The number of thiazole rings is 1. The molecule has 2 aromatic rings. The number of alkyl halides is 3. The third-order valence-electron chi connectivity index (χ3n) is 1.80. The van der Waals surface area contributed by atoms with Crippen LogP contribution in [-0.4, -0.2) is 9.97 Å². The van der Waals surface area contributed by atoms with Crippen molar-refractivity contribution in [3.63, 3.8) is 0 Å². The van der Waals surface area contributed by atoms with Gasteiger partial charge >= 0.3 is 6.18 Å². The molecule has 90 valence electrons. The number of halogens is 3. The smallest absolute Gasteiger partial charge is 0.438 e. The number of nitrogen functional groups attached to an aromatic ring is 1. The van der Waals surface area contributed by atoms with Gasteiger partial charge in [0.25, 0.3) is 0 Å². The average Bonchev–Trinajstić information content (AvgIpc) is 2.81. The molecule has 0 saturated heterocycles. The summed E-state index contributed by atoms with van der Waals surface area (Å²) in [5, 5.41) is 1.97. The van der Waals surface area contributed by atoms with Crippen molar-refractivity contribution in [1.82, 2.24) is 9.97 Å². The van der Waals surface area contributed by atoms with Crippen molar-refractivity contribution in [2.45, 2.75) is 6.18 Å². The third-order valence-corrected chi connectivity index (χ3v) is 2.50. The molecule has 2 N–H and O–H groups in total. The fraction of sp³-hybridized carbons (Fsp3) is 0.111. The van der Waals surface area contributed by atoms with E-state index in [1.165, 1.54) is 23.5 Å². The van der Waals surface area contributed by atoms with Crippen LogP contribution in [0.1, 0.15) is 17.1 Å². The number of nitrogens with zero attached hydrogens (tertiary/aromatic N) is 2. The van der Waals surface area contributed by atoms with Crippen molar-refractivity contribution in [2.24, 2.45) is 0 Å². The van der Waals surface area contributed by atoms with Gasteiger partial charge in [0.05, 0.1) is 5.69 Å². The highest BCUT2D eigenvalue weighted by molar-refractivity contribution is 7.13. The van der Waals surface area contributed by atoms with Crippen LogP contribution >= 0.6 is 11.3 Å². The first-order valence-electron chi connectivity index (χ1n) is 4.36. The summed E-state index contributed by atoms with van der Waals surface area (Å²) >= 11 is 1.20. The molecule has 0 aliphatic rings. The van der Waals surface area contributed by atoms with E-state index in [2.05, 4.69) is 14.4 Å². The van der Waals surface area contributed by atoms with E-state index in [4.69, 9.17) is 5.73 Å². The van der Waals surface area contributed by atoms with Crippen LogP contribution in [0.15, 0.2) is 16.2 Å². The lowest BCUT2D eigenvalue weighted by atomic mass is 10.3. The zero-order valence-corrected chi connectivity index (χ0v) is 9.05. The first-order valence-corrected chi connectivity index (χ1v) is 5.24. The first kappa shape index (κ1) is 11.6. The second-order valence-electron chi connectivity index (χ2n) is 3.01. The highest BCUT2D eigenvalue weighted by atomic mass is 32.1. The van der Waals surface area contributed by atoms with Crippen molar-refractivity contribution in [3.8, 4) is 0 Å². The molecule has 0 saturated carbocycles. The maximum atomic E-state index is 12.4. The summed E-state index contributed by atoms with van der Waals surface area (Å²) in [6.45, 7) is 0. The van der Waals surface area contributed by atoms with Gasteiger partial charge in [-0.05, 0) is 12.2 Å². The Morgan fingerprint density at radius 1 is 1.35 bits per heavy atom. The molecule has 0 amide bonds. The van der Waals surface area contributed by atoms with Crippen LogP contribution in [0.2, 0.25) is 0 Å². The van der Waals surface area contributed by atoms with E-state index in [1.807, 2.05) is 0 Å². The molecule has 4 nitrogen and oxygen atoms in total. The summed E-state index contributed by atoms with van der Waals surface area (Å²) in [7, 11) is 0. The number of nitrogens with two attached hydrogens (primary N) is 1. The van der Waals surface area contributed by atoms with E-state index >= 15 is 0 Å². The molecule has 0 unspecified atom stereocenters. The van der Waals surface area contributed by atoms with Gasteiger partial charge in [-0.2, -0.15) is 13.2 Å². The predicted octanol–water partition coefficient (Wildman–Crippen LogP) is 2.90. The van der Waals surface area contributed by atoms with Crippen LogP contribution in [0.25, 0.3) is 12.2 Å². The molecule has 0 aliphatic carbocycles. The summed E-state index contributed by atoms with van der Waals surface area (Å²) in [6, 6.07) is 0. The molecule has 0 aliphatic heterocycles. The van der Waals surface area contributed by atoms with E-state index in [1.54, 1.807) is 5.38 Å². The fourth-order valence-electron chi connectivity index (χ4n) is 1.13. The molecule has 0 bridgehead atoms. The summed E-state index contributed by atoms with van der Waals surface area (Å²) in [4.78, 5) is 7.35. The summed E-state index contributed by atoms with van der Waals surface area (Å²) in [5.41, 5.74) is 5.57. The SMILES string of the molecule is Nc1nc(/C=C/c2ncoc2C(F)(F)F)cs1. The maximum absolute atomic E-state index is 12.4. The van der Waals surface area contributed by atoms with Gasteiger partial charge in [-0.25, -0.2) is 9.97 Å².